The van der Waals surface area contributed by atoms with Crippen molar-refractivity contribution in [2.24, 2.45) is 5.92 Å². The molecule has 2 N–H and O–H groups in total. The minimum absolute atomic E-state index is 0.231. The second-order valence-corrected chi connectivity index (χ2v) is 7.77. The molecule has 0 spiro atoms. The molecule has 3 unspecified atom stereocenters. The highest BCUT2D eigenvalue weighted by atomic mass is 16.5. The van der Waals surface area contributed by atoms with E-state index in [1.54, 1.807) is 18.2 Å². The molecular weight excluding hydrogens is 382 g/mol. The van der Waals surface area contributed by atoms with E-state index in [2.05, 4.69) is 33.2 Å². The summed E-state index contributed by atoms with van der Waals surface area (Å²) < 4.78 is 5.57. The first kappa shape index (κ1) is 20.0. The molecule has 30 heavy (non-hydrogen) atoms. The first-order valence-electron chi connectivity index (χ1n) is 10.4. The van der Waals surface area contributed by atoms with Gasteiger partial charge in [-0.1, -0.05) is 12.1 Å². The Labute approximate surface area is 174 Å². The van der Waals surface area contributed by atoms with Gasteiger partial charge < -0.3 is 15.0 Å². The molecule has 156 valence electrons. The molecule has 0 saturated carbocycles. The number of nitrogens with zero attached hydrogens (tertiary/aromatic N) is 3. The Hall–Kier alpha value is -3.34. The van der Waals surface area contributed by atoms with Crippen molar-refractivity contribution >= 4 is 17.7 Å². The third kappa shape index (κ3) is 3.52. The van der Waals surface area contributed by atoms with E-state index in [0.717, 1.165) is 25.8 Å². The monoisotopic (exact) mass is 407 g/mol. The Bertz CT molecular complexity index is 1060. The van der Waals surface area contributed by atoms with Crippen molar-refractivity contribution in [3.05, 3.63) is 45.7 Å². The van der Waals surface area contributed by atoms with Crippen LogP contribution in [0.15, 0.2) is 29.1 Å². The molecule has 0 bridgehead atoms. The molecule has 8 heteroatoms. The normalized spacial score (nSPS) is 23.3. The number of hydrogen-bond acceptors (Lipinski definition) is 6. The molecule has 3 heterocycles. The Morgan fingerprint density at radius 1 is 1.33 bits per heavy atom. The molecule has 1 fully saturated rings. The number of piperidine rings is 1. The zero-order valence-electron chi connectivity index (χ0n) is 17.1. The van der Waals surface area contributed by atoms with E-state index in [9.17, 15) is 14.9 Å². The zero-order valence-corrected chi connectivity index (χ0v) is 17.1. The summed E-state index contributed by atoms with van der Waals surface area (Å²) in [6.45, 7) is 5.28. The lowest BCUT2D eigenvalue weighted by Gasteiger charge is -2.35. The van der Waals surface area contributed by atoms with Crippen molar-refractivity contribution < 1.29 is 9.53 Å². The maximum absolute atomic E-state index is 13.2. The Morgan fingerprint density at radius 2 is 2.17 bits per heavy atom. The summed E-state index contributed by atoms with van der Waals surface area (Å²) in [6, 6.07) is 9.51. The van der Waals surface area contributed by atoms with Crippen molar-refractivity contribution in [3.8, 4) is 11.8 Å². The number of carbonyl (C=O) groups is 1. The molecule has 1 amide bonds. The number of fused-ring (bicyclic) bond motifs is 1. The van der Waals surface area contributed by atoms with Crippen LogP contribution in [0.1, 0.15) is 50.2 Å². The number of aromatic nitrogens is 2. The lowest BCUT2D eigenvalue weighted by atomic mass is 9.79. The van der Waals surface area contributed by atoms with Crippen LogP contribution in [0.4, 0.5) is 11.8 Å². The fourth-order valence-corrected chi connectivity index (χ4v) is 4.37. The molecule has 4 rings (SSSR count). The summed E-state index contributed by atoms with van der Waals surface area (Å²) in [5, 5.41) is 12.4. The fraction of sp³-hybridized carbons (Fsp3) is 0.455. The Kier molecular flexibility index (Phi) is 5.44. The van der Waals surface area contributed by atoms with Crippen molar-refractivity contribution in [2.45, 2.75) is 45.1 Å². The number of nitriles is 1. The van der Waals surface area contributed by atoms with Crippen LogP contribution in [0.2, 0.25) is 0 Å². The van der Waals surface area contributed by atoms with Gasteiger partial charge in [0.2, 0.25) is 11.9 Å². The number of amides is 1. The fourth-order valence-electron chi connectivity index (χ4n) is 4.37. The van der Waals surface area contributed by atoms with Crippen LogP contribution in [0.3, 0.4) is 0 Å². The molecule has 1 aromatic heterocycles. The summed E-state index contributed by atoms with van der Waals surface area (Å²) in [6.07, 6.45) is 3.20. The molecular formula is C22H25N5O3. The number of ether oxygens (including phenoxy) is 1. The average Bonchev–Trinajstić information content (AvgIpc) is 2.73. The summed E-state index contributed by atoms with van der Waals surface area (Å²) in [5.74, 6) is -0.881. The standard InChI is InChI=1S/C22H25N5O3/c1-3-30-15-9-6-8-14(11-15)17-16(12-23)20(28)24-19-18(17)21(29)26-22(25-19)27-10-5-4-7-13(27)2/h6,8-9,11,13,16-17H,3-5,7,10H2,1-2H3,(H2,24,25,26,28,29). The van der Waals surface area contributed by atoms with Crippen LogP contribution in [0.5, 0.6) is 5.75 Å². The van der Waals surface area contributed by atoms with Gasteiger partial charge in [0.25, 0.3) is 5.56 Å². The Morgan fingerprint density at radius 3 is 2.90 bits per heavy atom. The van der Waals surface area contributed by atoms with Crippen LogP contribution < -0.4 is 20.5 Å². The van der Waals surface area contributed by atoms with Crippen LogP contribution in [0.25, 0.3) is 0 Å². The number of rotatable bonds is 4. The maximum atomic E-state index is 13.2. The van der Waals surface area contributed by atoms with Gasteiger partial charge in [0.15, 0.2) is 0 Å². The van der Waals surface area contributed by atoms with Crippen molar-refractivity contribution in [2.75, 3.05) is 23.4 Å². The number of H-pyrrole nitrogens is 1. The SMILES string of the molecule is CCOc1cccc(C2c3c(nc(N4CCCCC4C)[nH]c3=O)NC(=O)C2C#N)c1. The number of hydrogen-bond donors (Lipinski definition) is 2. The lowest BCUT2D eigenvalue weighted by molar-refractivity contribution is -0.119. The second-order valence-electron chi connectivity index (χ2n) is 7.77. The van der Waals surface area contributed by atoms with Gasteiger partial charge in [0.1, 0.15) is 17.5 Å². The van der Waals surface area contributed by atoms with E-state index in [0.29, 0.717) is 29.4 Å². The van der Waals surface area contributed by atoms with Gasteiger partial charge in [0, 0.05) is 18.5 Å². The third-order valence-electron chi connectivity index (χ3n) is 5.85. The number of carbonyl (C=O) groups excluding carboxylic acids is 1. The molecule has 0 aliphatic carbocycles. The molecule has 2 aliphatic rings. The number of nitrogens with one attached hydrogen (secondary N) is 2. The molecule has 2 aliphatic heterocycles. The number of benzene rings is 1. The van der Waals surface area contributed by atoms with E-state index in [4.69, 9.17) is 4.74 Å². The van der Waals surface area contributed by atoms with Gasteiger partial charge >= 0.3 is 0 Å². The molecule has 1 saturated heterocycles. The van der Waals surface area contributed by atoms with Gasteiger partial charge in [0.05, 0.1) is 18.2 Å². The minimum atomic E-state index is -1.03. The maximum Gasteiger partial charge on any atom is 0.258 e. The molecule has 1 aromatic carbocycles. The lowest BCUT2D eigenvalue weighted by Crippen LogP contribution is -2.42. The van der Waals surface area contributed by atoms with Gasteiger partial charge in [-0.15, -0.1) is 0 Å². The minimum Gasteiger partial charge on any atom is -0.494 e. The van der Waals surface area contributed by atoms with Crippen molar-refractivity contribution in [1.82, 2.24) is 9.97 Å². The predicted molar refractivity (Wildman–Crippen MR) is 113 cm³/mol. The first-order chi connectivity index (χ1) is 14.5. The van der Waals surface area contributed by atoms with Crippen LogP contribution in [0, 0.1) is 17.2 Å². The number of aromatic amines is 1. The van der Waals surface area contributed by atoms with Crippen molar-refractivity contribution in [1.29, 1.82) is 5.26 Å². The summed E-state index contributed by atoms with van der Waals surface area (Å²) in [5.41, 5.74) is 0.651. The van der Waals surface area contributed by atoms with Crippen LogP contribution >= 0.6 is 0 Å². The van der Waals surface area contributed by atoms with E-state index in [1.165, 1.54) is 0 Å². The highest BCUT2D eigenvalue weighted by Crippen LogP contribution is 2.39. The van der Waals surface area contributed by atoms with E-state index in [-0.39, 0.29) is 17.4 Å². The van der Waals surface area contributed by atoms with E-state index >= 15 is 0 Å². The van der Waals surface area contributed by atoms with E-state index < -0.39 is 17.7 Å². The van der Waals surface area contributed by atoms with Gasteiger partial charge in [-0.2, -0.15) is 10.2 Å². The van der Waals surface area contributed by atoms with E-state index in [1.807, 2.05) is 13.0 Å². The highest BCUT2D eigenvalue weighted by Gasteiger charge is 2.40. The first-order valence-corrected chi connectivity index (χ1v) is 10.4. The van der Waals surface area contributed by atoms with Crippen molar-refractivity contribution in [3.63, 3.8) is 0 Å². The second kappa shape index (κ2) is 8.19. The topological polar surface area (TPSA) is 111 Å². The molecule has 8 nitrogen and oxygen atoms in total. The van der Waals surface area contributed by atoms with Gasteiger partial charge in [-0.05, 0) is 50.8 Å². The van der Waals surface area contributed by atoms with Crippen LogP contribution in [-0.4, -0.2) is 35.1 Å². The summed E-state index contributed by atoms with van der Waals surface area (Å²) in [7, 11) is 0. The molecule has 2 aromatic rings. The molecule has 3 atom stereocenters. The highest BCUT2D eigenvalue weighted by molar-refractivity contribution is 5.98. The average molecular weight is 407 g/mol. The van der Waals surface area contributed by atoms with Gasteiger partial charge in [-0.25, -0.2) is 0 Å². The predicted octanol–water partition coefficient (Wildman–Crippen LogP) is 2.77. The summed E-state index contributed by atoms with van der Waals surface area (Å²) in [4.78, 5) is 35.5. The summed E-state index contributed by atoms with van der Waals surface area (Å²) >= 11 is 0. The number of anilines is 2. The van der Waals surface area contributed by atoms with Gasteiger partial charge in [-0.3, -0.25) is 14.6 Å². The quantitative estimate of drug-likeness (QED) is 0.806. The largest absolute Gasteiger partial charge is 0.494 e. The molecule has 0 radical (unpaired) electrons. The smallest absolute Gasteiger partial charge is 0.258 e. The van der Waals surface area contributed by atoms with Crippen LogP contribution in [-0.2, 0) is 4.79 Å². The third-order valence-corrected chi connectivity index (χ3v) is 5.85. The zero-order chi connectivity index (χ0) is 21.3. The Balaban J connectivity index is 1.83.